The average molecular weight is 366 g/mol. The monoisotopic (exact) mass is 365 g/mol. The van der Waals surface area contributed by atoms with E-state index in [0.717, 1.165) is 4.57 Å². The topological polar surface area (TPSA) is 95.3 Å². The van der Waals surface area contributed by atoms with Gasteiger partial charge in [0.1, 0.15) is 12.3 Å². The number of hydrogen-bond donors (Lipinski definition) is 0. The molecule has 0 aliphatic rings. The Kier molecular flexibility index (Phi) is 4.25. The van der Waals surface area contributed by atoms with Crippen LogP contribution in [0.2, 0.25) is 5.28 Å². The van der Waals surface area contributed by atoms with E-state index < -0.39 is 11.2 Å². The van der Waals surface area contributed by atoms with Gasteiger partial charge in [-0.2, -0.15) is 4.98 Å². The first-order chi connectivity index (χ1) is 11.8. The van der Waals surface area contributed by atoms with Gasteiger partial charge in [0.15, 0.2) is 11.2 Å². The molecule has 25 heavy (non-hydrogen) atoms. The van der Waals surface area contributed by atoms with Crippen molar-refractivity contribution in [1.29, 1.82) is 0 Å². The third-order valence-corrected chi connectivity index (χ3v) is 4.28. The summed E-state index contributed by atoms with van der Waals surface area (Å²) in [6.45, 7) is 0.104. The van der Waals surface area contributed by atoms with E-state index in [2.05, 4.69) is 4.98 Å². The Morgan fingerprint density at radius 2 is 2.04 bits per heavy atom. The summed E-state index contributed by atoms with van der Waals surface area (Å²) < 4.78 is 8.69. The van der Waals surface area contributed by atoms with Crippen LogP contribution in [0.5, 0.6) is 0 Å². The maximum Gasteiger partial charge on any atom is 0.332 e. The number of hydrogen-bond acceptors (Lipinski definition) is 5. The molecule has 0 N–H and O–H groups in total. The number of amides is 1. The van der Waals surface area contributed by atoms with Crippen molar-refractivity contribution < 1.29 is 9.21 Å². The molecule has 0 spiro atoms. The number of likely N-dealkylation sites (N-methyl/N-ethyl adjacent to an activating group) is 1. The second-order valence-corrected chi connectivity index (χ2v) is 6.01. The first-order valence-electron chi connectivity index (χ1n) is 7.39. The van der Waals surface area contributed by atoms with Gasteiger partial charge in [-0.15, -0.1) is 0 Å². The van der Waals surface area contributed by atoms with Crippen LogP contribution in [0.25, 0.3) is 11.2 Å². The number of fused-ring (bicyclic) bond motifs is 1. The van der Waals surface area contributed by atoms with Gasteiger partial charge in [0, 0.05) is 21.1 Å². The summed E-state index contributed by atoms with van der Waals surface area (Å²) in [4.78, 5) is 42.4. The molecular formula is C15H16ClN5O4. The molecular weight excluding hydrogens is 350 g/mol. The minimum absolute atomic E-state index is 0.0342. The van der Waals surface area contributed by atoms with E-state index in [-0.39, 0.29) is 35.4 Å². The Morgan fingerprint density at radius 3 is 2.68 bits per heavy atom. The van der Waals surface area contributed by atoms with Gasteiger partial charge >= 0.3 is 5.69 Å². The van der Waals surface area contributed by atoms with Gasteiger partial charge in [0.2, 0.25) is 11.2 Å². The molecule has 132 valence electrons. The molecule has 1 amide bonds. The molecule has 0 saturated heterocycles. The smallest absolute Gasteiger partial charge is 0.332 e. The second-order valence-electron chi connectivity index (χ2n) is 5.67. The molecule has 0 unspecified atom stereocenters. The van der Waals surface area contributed by atoms with Crippen molar-refractivity contribution in [1.82, 2.24) is 23.6 Å². The van der Waals surface area contributed by atoms with Crippen LogP contribution in [0.15, 0.2) is 32.4 Å². The van der Waals surface area contributed by atoms with Crippen LogP contribution in [-0.2, 0) is 32.0 Å². The number of carbonyl (C=O) groups is 1. The van der Waals surface area contributed by atoms with E-state index >= 15 is 0 Å². The highest BCUT2D eigenvalue weighted by Gasteiger charge is 2.21. The molecule has 0 saturated carbocycles. The summed E-state index contributed by atoms with van der Waals surface area (Å²) in [5, 5.41) is -0.0342. The lowest BCUT2D eigenvalue weighted by molar-refractivity contribution is -0.131. The number of carbonyl (C=O) groups excluding carboxylic acids is 1. The van der Waals surface area contributed by atoms with Crippen LogP contribution >= 0.6 is 11.6 Å². The molecule has 0 radical (unpaired) electrons. The lowest BCUT2D eigenvalue weighted by Crippen LogP contribution is -2.38. The van der Waals surface area contributed by atoms with Gasteiger partial charge in [-0.25, -0.2) is 4.79 Å². The zero-order chi connectivity index (χ0) is 18.3. The normalized spacial score (nSPS) is 11.2. The molecule has 3 aromatic heterocycles. The third-order valence-electron chi connectivity index (χ3n) is 3.99. The largest absolute Gasteiger partial charge is 0.467 e. The molecule has 0 bridgehead atoms. The third kappa shape index (κ3) is 2.86. The fraction of sp³-hybridized carbons (Fsp3) is 0.333. The van der Waals surface area contributed by atoms with Crippen molar-refractivity contribution in [3.8, 4) is 0 Å². The first kappa shape index (κ1) is 17.0. The summed E-state index contributed by atoms with van der Waals surface area (Å²) >= 11 is 6.11. The minimum atomic E-state index is -0.556. The van der Waals surface area contributed by atoms with Crippen molar-refractivity contribution >= 4 is 28.7 Å². The van der Waals surface area contributed by atoms with Crippen LogP contribution in [0, 0.1) is 0 Å². The predicted octanol–water partition coefficient (Wildman–Crippen LogP) is 0.339. The predicted molar refractivity (Wildman–Crippen MR) is 90.4 cm³/mol. The Balaban J connectivity index is 1.99. The standard InChI is InChI=1S/C15H16ClN5O4/c1-18(7-9-5-4-6-25-9)10(22)8-21-11-12(17-14(21)16)19(2)15(24)20(3)13(11)23/h4-6H,7-8H2,1-3H3. The Labute approximate surface area is 146 Å². The number of imidazole rings is 1. The SMILES string of the molecule is CN(Cc1ccco1)C(=O)Cn1c(Cl)nc2c1c(=O)n(C)c(=O)n2C. The van der Waals surface area contributed by atoms with E-state index in [1.165, 1.54) is 34.4 Å². The fourth-order valence-electron chi connectivity index (χ4n) is 2.54. The molecule has 10 heteroatoms. The number of aryl methyl sites for hydroxylation is 1. The van der Waals surface area contributed by atoms with E-state index in [9.17, 15) is 14.4 Å². The van der Waals surface area contributed by atoms with Crippen molar-refractivity contribution in [3.63, 3.8) is 0 Å². The molecule has 0 atom stereocenters. The van der Waals surface area contributed by atoms with Crippen LogP contribution in [0.3, 0.4) is 0 Å². The average Bonchev–Trinajstić information content (AvgIpc) is 3.19. The van der Waals surface area contributed by atoms with E-state index in [1.54, 1.807) is 19.2 Å². The summed E-state index contributed by atoms with van der Waals surface area (Å²) in [5.41, 5.74) is -0.826. The van der Waals surface area contributed by atoms with E-state index in [4.69, 9.17) is 16.0 Å². The Hall–Kier alpha value is -2.81. The number of rotatable bonds is 4. The molecule has 3 rings (SSSR count). The van der Waals surface area contributed by atoms with Gasteiger partial charge in [-0.05, 0) is 23.7 Å². The molecule has 0 aromatic carbocycles. The van der Waals surface area contributed by atoms with Crippen molar-refractivity contribution in [2.45, 2.75) is 13.1 Å². The summed E-state index contributed by atoms with van der Waals surface area (Å²) in [6.07, 6.45) is 1.53. The van der Waals surface area contributed by atoms with Crippen molar-refractivity contribution in [2.75, 3.05) is 7.05 Å². The minimum Gasteiger partial charge on any atom is -0.467 e. The maximum atomic E-state index is 12.5. The van der Waals surface area contributed by atoms with Gasteiger partial charge < -0.3 is 9.32 Å². The molecule has 0 aliphatic carbocycles. The maximum absolute atomic E-state index is 12.5. The van der Waals surface area contributed by atoms with Crippen LogP contribution < -0.4 is 11.2 Å². The fourth-order valence-corrected chi connectivity index (χ4v) is 2.77. The van der Waals surface area contributed by atoms with Crippen LogP contribution in [0.4, 0.5) is 0 Å². The summed E-state index contributed by atoms with van der Waals surface area (Å²) in [7, 11) is 4.47. The molecule has 3 heterocycles. The lowest BCUT2D eigenvalue weighted by atomic mass is 10.4. The zero-order valence-corrected chi connectivity index (χ0v) is 14.6. The highest BCUT2D eigenvalue weighted by molar-refractivity contribution is 6.29. The number of nitrogens with zero attached hydrogens (tertiary/aromatic N) is 5. The van der Waals surface area contributed by atoms with E-state index in [0.29, 0.717) is 5.76 Å². The van der Waals surface area contributed by atoms with Gasteiger partial charge in [-0.3, -0.25) is 23.3 Å². The molecule has 0 fully saturated rings. The second kappa shape index (κ2) is 6.25. The zero-order valence-electron chi connectivity index (χ0n) is 13.9. The number of halogens is 1. The van der Waals surface area contributed by atoms with Crippen molar-refractivity contribution in [3.05, 3.63) is 50.3 Å². The summed E-state index contributed by atoms with van der Waals surface area (Å²) in [5.74, 6) is 0.351. The first-order valence-corrected chi connectivity index (χ1v) is 7.77. The lowest BCUT2D eigenvalue weighted by Gasteiger charge is -2.16. The van der Waals surface area contributed by atoms with Gasteiger partial charge in [0.25, 0.3) is 5.56 Å². The Bertz CT molecular complexity index is 1060. The highest BCUT2D eigenvalue weighted by atomic mass is 35.5. The molecule has 3 aromatic rings. The van der Waals surface area contributed by atoms with Crippen molar-refractivity contribution in [2.24, 2.45) is 14.1 Å². The van der Waals surface area contributed by atoms with Crippen LogP contribution in [0.1, 0.15) is 5.76 Å². The number of furan rings is 1. The quantitative estimate of drug-likeness (QED) is 0.621. The van der Waals surface area contributed by atoms with E-state index in [1.807, 2.05) is 0 Å². The molecule has 9 nitrogen and oxygen atoms in total. The van der Waals surface area contributed by atoms with Gasteiger partial charge in [0.05, 0.1) is 12.8 Å². The number of aromatic nitrogens is 4. The summed E-state index contributed by atoms with van der Waals surface area (Å²) in [6, 6.07) is 3.49. The van der Waals surface area contributed by atoms with Gasteiger partial charge in [-0.1, -0.05) is 0 Å². The molecule has 0 aliphatic heterocycles. The van der Waals surface area contributed by atoms with Crippen LogP contribution in [-0.4, -0.2) is 36.5 Å². The highest BCUT2D eigenvalue weighted by Crippen LogP contribution is 2.16. The Morgan fingerprint density at radius 1 is 1.32 bits per heavy atom.